The van der Waals surface area contributed by atoms with Crippen LogP contribution in [0.25, 0.3) is 0 Å². The van der Waals surface area contributed by atoms with Gasteiger partial charge in [0.05, 0.1) is 25.0 Å². The molecule has 1 aromatic rings. The van der Waals surface area contributed by atoms with E-state index in [1.165, 1.54) is 5.06 Å². The Morgan fingerprint density at radius 3 is 3.14 bits per heavy atom. The number of furan rings is 1. The van der Waals surface area contributed by atoms with Crippen LogP contribution in [0.15, 0.2) is 16.7 Å². The highest BCUT2D eigenvalue weighted by Crippen LogP contribution is 2.16. The van der Waals surface area contributed by atoms with Gasteiger partial charge in [-0.25, -0.2) is 5.06 Å². The lowest BCUT2D eigenvalue weighted by atomic mass is 10.2. The highest BCUT2D eigenvalue weighted by atomic mass is 16.7. The molecule has 1 amide bonds. The van der Waals surface area contributed by atoms with Crippen molar-refractivity contribution >= 4 is 5.91 Å². The first-order chi connectivity index (χ1) is 6.83. The first-order valence-corrected chi connectivity index (χ1v) is 4.84. The van der Waals surface area contributed by atoms with Gasteiger partial charge in [-0.15, -0.1) is 0 Å². The van der Waals surface area contributed by atoms with Crippen LogP contribution in [0.2, 0.25) is 0 Å². The van der Waals surface area contributed by atoms with Crippen LogP contribution in [0.3, 0.4) is 0 Å². The van der Waals surface area contributed by atoms with E-state index in [2.05, 4.69) is 0 Å². The van der Waals surface area contributed by atoms with E-state index < -0.39 is 0 Å². The fraction of sp³-hybridized carbons (Fsp3) is 0.500. The first kappa shape index (κ1) is 9.27. The van der Waals surface area contributed by atoms with Crippen molar-refractivity contribution in [3.8, 4) is 0 Å². The van der Waals surface area contributed by atoms with Gasteiger partial charge in [-0.05, 0) is 12.5 Å². The maximum absolute atomic E-state index is 11.8. The molecule has 0 aliphatic carbocycles. The average molecular weight is 195 g/mol. The summed E-state index contributed by atoms with van der Waals surface area (Å²) in [5.41, 5.74) is 0.620. The van der Waals surface area contributed by atoms with Crippen molar-refractivity contribution in [2.75, 3.05) is 13.2 Å². The molecule has 4 nitrogen and oxygen atoms in total. The van der Waals surface area contributed by atoms with Crippen molar-refractivity contribution in [2.45, 2.75) is 19.8 Å². The first-order valence-electron chi connectivity index (χ1n) is 4.84. The summed E-state index contributed by atoms with van der Waals surface area (Å²) in [6, 6.07) is 1.70. The third-order valence-electron chi connectivity index (χ3n) is 2.28. The summed E-state index contributed by atoms with van der Waals surface area (Å²) in [6.45, 7) is 3.26. The molecule has 4 heteroatoms. The molecule has 0 aromatic carbocycles. The van der Waals surface area contributed by atoms with Crippen molar-refractivity contribution in [3.05, 3.63) is 23.7 Å². The Kier molecular flexibility index (Phi) is 2.54. The molecule has 2 heterocycles. The molecule has 14 heavy (non-hydrogen) atoms. The molecule has 0 N–H and O–H groups in total. The highest BCUT2D eigenvalue weighted by Gasteiger charge is 2.23. The minimum atomic E-state index is -0.0897. The molecule has 2 rings (SSSR count). The lowest BCUT2D eigenvalue weighted by Gasteiger charge is -2.12. The zero-order chi connectivity index (χ0) is 9.97. The number of carbonyl (C=O) groups is 1. The number of rotatable bonds is 2. The van der Waals surface area contributed by atoms with Crippen molar-refractivity contribution in [1.29, 1.82) is 0 Å². The minimum absolute atomic E-state index is 0.0897. The SMILES string of the molecule is CCc1occc1C(=O)N1CCCO1. The summed E-state index contributed by atoms with van der Waals surface area (Å²) in [5, 5.41) is 1.41. The third kappa shape index (κ3) is 1.53. The van der Waals surface area contributed by atoms with Gasteiger partial charge in [-0.1, -0.05) is 6.92 Å². The fourth-order valence-electron chi connectivity index (χ4n) is 1.55. The van der Waals surface area contributed by atoms with Gasteiger partial charge in [-0.2, -0.15) is 0 Å². The van der Waals surface area contributed by atoms with Gasteiger partial charge < -0.3 is 4.42 Å². The van der Waals surface area contributed by atoms with Gasteiger partial charge in [0.2, 0.25) is 0 Å². The van der Waals surface area contributed by atoms with Gasteiger partial charge in [0.15, 0.2) is 0 Å². The van der Waals surface area contributed by atoms with Crippen molar-refractivity contribution in [1.82, 2.24) is 5.06 Å². The van der Waals surface area contributed by atoms with E-state index in [0.29, 0.717) is 18.7 Å². The molecule has 0 atom stereocenters. The second kappa shape index (κ2) is 3.84. The predicted octanol–water partition coefficient (Wildman–Crippen LogP) is 1.62. The normalized spacial score (nSPS) is 16.2. The summed E-state index contributed by atoms with van der Waals surface area (Å²) in [5.74, 6) is 0.638. The molecule has 1 aliphatic heterocycles. The van der Waals surface area contributed by atoms with E-state index in [-0.39, 0.29) is 5.91 Å². The van der Waals surface area contributed by atoms with Crippen LogP contribution in [0.5, 0.6) is 0 Å². The van der Waals surface area contributed by atoms with Crippen LogP contribution < -0.4 is 0 Å². The molecule has 1 aliphatic rings. The summed E-state index contributed by atoms with van der Waals surface area (Å²) in [7, 11) is 0. The standard InChI is InChI=1S/C10H13NO3/c1-2-9-8(4-7-13-9)10(12)11-5-3-6-14-11/h4,7H,2-3,5-6H2,1H3. The Bertz CT molecular complexity index is 326. The van der Waals surface area contributed by atoms with Gasteiger partial charge in [-0.3, -0.25) is 9.63 Å². The predicted molar refractivity (Wildman–Crippen MR) is 49.7 cm³/mol. The van der Waals surface area contributed by atoms with Gasteiger partial charge >= 0.3 is 0 Å². The van der Waals surface area contributed by atoms with E-state index >= 15 is 0 Å². The second-order valence-corrected chi connectivity index (χ2v) is 3.21. The quantitative estimate of drug-likeness (QED) is 0.720. The van der Waals surface area contributed by atoms with Crippen LogP contribution in [0.1, 0.15) is 29.5 Å². The monoisotopic (exact) mass is 195 g/mol. The summed E-state index contributed by atoms with van der Waals surface area (Å²) in [4.78, 5) is 17.0. The van der Waals surface area contributed by atoms with E-state index in [0.717, 1.165) is 18.6 Å². The molecule has 1 saturated heterocycles. The van der Waals surface area contributed by atoms with E-state index in [1.54, 1.807) is 12.3 Å². The third-order valence-corrected chi connectivity index (χ3v) is 2.28. The molecular formula is C10H13NO3. The van der Waals surface area contributed by atoms with E-state index in [4.69, 9.17) is 9.25 Å². The molecular weight excluding hydrogens is 182 g/mol. The van der Waals surface area contributed by atoms with E-state index in [9.17, 15) is 4.79 Å². The number of amides is 1. The molecule has 0 bridgehead atoms. The molecule has 76 valence electrons. The fourth-order valence-corrected chi connectivity index (χ4v) is 1.55. The molecule has 0 unspecified atom stereocenters. The number of carbonyl (C=O) groups excluding carboxylic acids is 1. The van der Waals surface area contributed by atoms with Crippen molar-refractivity contribution in [3.63, 3.8) is 0 Å². The van der Waals surface area contributed by atoms with Crippen LogP contribution in [-0.2, 0) is 11.3 Å². The lowest BCUT2D eigenvalue weighted by molar-refractivity contribution is -0.0769. The molecule has 1 fully saturated rings. The summed E-state index contributed by atoms with van der Waals surface area (Å²) < 4.78 is 5.19. The Labute approximate surface area is 82.4 Å². The topological polar surface area (TPSA) is 42.7 Å². The highest BCUT2D eigenvalue weighted by molar-refractivity contribution is 5.94. The molecule has 0 saturated carbocycles. The molecule has 1 aromatic heterocycles. The van der Waals surface area contributed by atoms with Crippen LogP contribution in [0, 0.1) is 0 Å². The molecule has 0 spiro atoms. The Hall–Kier alpha value is -1.29. The Morgan fingerprint density at radius 1 is 1.64 bits per heavy atom. The largest absolute Gasteiger partial charge is 0.469 e. The summed E-state index contributed by atoms with van der Waals surface area (Å²) >= 11 is 0. The smallest absolute Gasteiger partial charge is 0.280 e. The van der Waals surface area contributed by atoms with Crippen LogP contribution in [-0.4, -0.2) is 24.1 Å². The Morgan fingerprint density at radius 2 is 2.50 bits per heavy atom. The minimum Gasteiger partial charge on any atom is -0.469 e. The van der Waals surface area contributed by atoms with E-state index in [1.807, 2.05) is 6.92 Å². The van der Waals surface area contributed by atoms with Gasteiger partial charge in [0.1, 0.15) is 5.76 Å². The zero-order valence-corrected chi connectivity index (χ0v) is 8.16. The van der Waals surface area contributed by atoms with Crippen molar-refractivity contribution < 1.29 is 14.0 Å². The Balaban J connectivity index is 2.17. The van der Waals surface area contributed by atoms with Crippen molar-refractivity contribution in [2.24, 2.45) is 0 Å². The maximum Gasteiger partial charge on any atom is 0.280 e. The van der Waals surface area contributed by atoms with Crippen LogP contribution >= 0.6 is 0 Å². The molecule has 0 radical (unpaired) electrons. The number of hydrogen-bond donors (Lipinski definition) is 0. The maximum atomic E-state index is 11.8. The second-order valence-electron chi connectivity index (χ2n) is 3.21. The zero-order valence-electron chi connectivity index (χ0n) is 8.16. The number of nitrogens with zero attached hydrogens (tertiary/aromatic N) is 1. The average Bonchev–Trinajstić information content (AvgIpc) is 2.87. The summed E-state index contributed by atoms with van der Waals surface area (Å²) in [6.07, 6.45) is 3.18. The number of aryl methyl sites for hydroxylation is 1. The number of hydrogen-bond acceptors (Lipinski definition) is 3. The van der Waals surface area contributed by atoms with Gasteiger partial charge in [0, 0.05) is 6.42 Å². The number of hydroxylamine groups is 2. The lowest BCUT2D eigenvalue weighted by Crippen LogP contribution is -2.26. The van der Waals surface area contributed by atoms with Gasteiger partial charge in [0.25, 0.3) is 5.91 Å². The van der Waals surface area contributed by atoms with Crippen LogP contribution in [0.4, 0.5) is 0 Å².